The Kier molecular flexibility index (Phi) is 1.43. The minimum atomic E-state index is 0.322. The Bertz CT molecular complexity index is 213. The van der Waals surface area contributed by atoms with E-state index in [9.17, 15) is 0 Å². The number of allylic oxidation sites excluding steroid dienone is 2. The van der Waals surface area contributed by atoms with E-state index in [-0.39, 0.29) is 0 Å². The van der Waals surface area contributed by atoms with Crippen molar-refractivity contribution in [3.8, 4) is 0 Å². The summed E-state index contributed by atoms with van der Waals surface area (Å²) in [7, 11) is 0. The van der Waals surface area contributed by atoms with E-state index < -0.39 is 0 Å². The monoisotopic (exact) mass is 149 g/mol. The number of hydrogen-bond donors (Lipinski definition) is 1. The van der Waals surface area contributed by atoms with Gasteiger partial charge in [0.25, 0.3) is 0 Å². The summed E-state index contributed by atoms with van der Waals surface area (Å²) >= 11 is 0. The van der Waals surface area contributed by atoms with Crippen molar-refractivity contribution in [3.63, 3.8) is 0 Å². The van der Waals surface area contributed by atoms with Gasteiger partial charge in [-0.1, -0.05) is 26.0 Å². The zero-order chi connectivity index (χ0) is 8.01. The minimum absolute atomic E-state index is 0.322. The first-order valence-electron chi connectivity index (χ1n) is 4.36. The molecule has 1 heteroatoms. The third-order valence-electron chi connectivity index (χ3n) is 2.81. The molecule has 2 aliphatic rings. The molecule has 0 amide bonds. The summed E-state index contributed by atoms with van der Waals surface area (Å²) in [6.45, 7) is 4.42. The summed E-state index contributed by atoms with van der Waals surface area (Å²) in [5, 5.41) is 0. The van der Waals surface area contributed by atoms with E-state index in [1.807, 2.05) is 0 Å². The fraction of sp³-hybridized carbons (Fsp3) is 0.600. The van der Waals surface area contributed by atoms with Crippen molar-refractivity contribution in [2.24, 2.45) is 17.6 Å². The molecule has 0 aliphatic heterocycles. The van der Waals surface area contributed by atoms with E-state index in [1.165, 1.54) is 17.6 Å². The summed E-state index contributed by atoms with van der Waals surface area (Å²) in [4.78, 5) is 0. The standard InChI is InChI=1S/C10H15N/c1-6-3-8-5-9(8)4-7(2)10(6)11/h3-4,6-7,10H,5,11H2,1-2H3. The first kappa shape index (κ1) is 7.11. The lowest BCUT2D eigenvalue weighted by Gasteiger charge is -2.20. The van der Waals surface area contributed by atoms with E-state index in [0.717, 1.165) is 0 Å². The van der Waals surface area contributed by atoms with Gasteiger partial charge in [0.1, 0.15) is 0 Å². The van der Waals surface area contributed by atoms with Gasteiger partial charge in [-0.2, -0.15) is 0 Å². The molecule has 1 fully saturated rings. The molecule has 0 heterocycles. The average molecular weight is 149 g/mol. The normalized spacial score (nSPS) is 41.9. The topological polar surface area (TPSA) is 26.0 Å². The molecule has 0 radical (unpaired) electrons. The Morgan fingerprint density at radius 3 is 2.09 bits per heavy atom. The summed E-state index contributed by atoms with van der Waals surface area (Å²) < 4.78 is 0. The van der Waals surface area contributed by atoms with Crippen LogP contribution in [0.2, 0.25) is 0 Å². The summed E-state index contributed by atoms with van der Waals surface area (Å²) in [6.07, 6.45) is 5.89. The third kappa shape index (κ3) is 1.14. The Balaban J connectivity index is 2.27. The predicted molar refractivity (Wildman–Crippen MR) is 47.1 cm³/mol. The molecule has 2 unspecified atom stereocenters. The molecular formula is C10H15N. The summed E-state index contributed by atoms with van der Waals surface area (Å²) in [6, 6.07) is 0.322. The van der Waals surface area contributed by atoms with Crippen molar-refractivity contribution in [3.05, 3.63) is 23.3 Å². The van der Waals surface area contributed by atoms with Crippen molar-refractivity contribution in [1.82, 2.24) is 0 Å². The van der Waals surface area contributed by atoms with Crippen LogP contribution in [-0.4, -0.2) is 6.04 Å². The number of hydrogen-bond acceptors (Lipinski definition) is 1. The lowest BCUT2D eigenvalue weighted by Crippen LogP contribution is -2.32. The van der Waals surface area contributed by atoms with E-state index >= 15 is 0 Å². The molecule has 1 saturated carbocycles. The zero-order valence-electron chi connectivity index (χ0n) is 7.17. The molecule has 0 spiro atoms. The van der Waals surface area contributed by atoms with Gasteiger partial charge in [0, 0.05) is 6.04 Å². The van der Waals surface area contributed by atoms with Gasteiger partial charge >= 0.3 is 0 Å². The number of nitrogens with two attached hydrogens (primary N) is 1. The Morgan fingerprint density at radius 1 is 1.18 bits per heavy atom. The Hall–Kier alpha value is -0.560. The predicted octanol–water partition coefficient (Wildman–Crippen LogP) is 1.86. The van der Waals surface area contributed by atoms with E-state index in [4.69, 9.17) is 5.73 Å². The largest absolute Gasteiger partial charge is 0.327 e. The number of rotatable bonds is 0. The number of fused-ring (bicyclic) bond motifs is 1. The van der Waals surface area contributed by atoms with E-state index in [0.29, 0.717) is 17.9 Å². The fourth-order valence-electron chi connectivity index (χ4n) is 1.83. The van der Waals surface area contributed by atoms with Crippen LogP contribution in [0.3, 0.4) is 0 Å². The van der Waals surface area contributed by atoms with Crippen LogP contribution in [0.15, 0.2) is 23.3 Å². The third-order valence-corrected chi connectivity index (χ3v) is 2.81. The maximum Gasteiger partial charge on any atom is 0.0160 e. The van der Waals surface area contributed by atoms with Gasteiger partial charge in [0.05, 0.1) is 0 Å². The highest BCUT2D eigenvalue weighted by atomic mass is 14.7. The van der Waals surface area contributed by atoms with E-state index in [2.05, 4.69) is 26.0 Å². The van der Waals surface area contributed by atoms with Gasteiger partial charge in [-0.05, 0) is 29.4 Å². The molecule has 2 atom stereocenters. The van der Waals surface area contributed by atoms with Gasteiger partial charge in [-0.25, -0.2) is 0 Å². The van der Waals surface area contributed by atoms with Crippen LogP contribution in [-0.2, 0) is 0 Å². The van der Waals surface area contributed by atoms with Crippen LogP contribution < -0.4 is 5.73 Å². The summed E-state index contributed by atoms with van der Waals surface area (Å²) in [5.41, 5.74) is 9.09. The molecule has 2 rings (SSSR count). The molecule has 0 bridgehead atoms. The molecule has 60 valence electrons. The SMILES string of the molecule is CC1C=C2CC2=CC(C)C1N. The maximum atomic E-state index is 6.02. The molecular weight excluding hydrogens is 134 g/mol. The van der Waals surface area contributed by atoms with Crippen molar-refractivity contribution in [2.45, 2.75) is 26.3 Å². The van der Waals surface area contributed by atoms with Crippen molar-refractivity contribution in [2.75, 3.05) is 0 Å². The van der Waals surface area contributed by atoms with Gasteiger partial charge in [0.2, 0.25) is 0 Å². The second-order valence-corrected chi connectivity index (χ2v) is 3.86. The first-order valence-corrected chi connectivity index (χ1v) is 4.36. The minimum Gasteiger partial charge on any atom is -0.327 e. The highest BCUT2D eigenvalue weighted by Gasteiger charge is 2.29. The van der Waals surface area contributed by atoms with Crippen LogP contribution in [0.5, 0.6) is 0 Å². The van der Waals surface area contributed by atoms with Crippen LogP contribution in [0, 0.1) is 11.8 Å². The molecule has 2 N–H and O–H groups in total. The van der Waals surface area contributed by atoms with Crippen LogP contribution in [0.4, 0.5) is 0 Å². The second kappa shape index (κ2) is 2.21. The van der Waals surface area contributed by atoms with Gasteiger partial charge in [-0.3, -0.25) is 0 Å². The Labute approximate surface area is 68.0 Å². The molecule has 1 nitrogen and oxygen atoms in total. The van der Waals surface area contributed by atoms with Crippen LogP contribution in [0.1, 0.15) is 20.3 Å². The molecule has 2 aliphatic carbocycles. The zero-order valence-corrected chi connectivity index (χ0v) is 7.17. The van der Waals surface area contributed by atoms with Gasteiger partial charge in [0.15, 0.2) is 0 Å². The van der Waals surface area contributed by atoms with E-state index in [1.54, 1.807) is 0 Å². The summed E-state index contributed by atoms with van der Waals surface area (Å²) in [5.74, 6) is 1.10. The smallest absolute Gasteiger partial charge is 0.0160 e. The van der Waals surface area contributed by atoms with Crippen molar-refractivity contribution in [1.29, 1.82) is 0 Å². The second-order valence-electron chi connectivity index (χ2n) is 3.86. The lowest BCUT2D eigenvalue weighted by atomic mass is 9.92. The molecule has 0 aromatic heterocycles. The molecule has 11 heavy (non-hydrogen) atoms. The van der Waals surface area contributed by atoms with Gasteiger partial charge in [-0.15, -0.1) is 0 Å². The first-order chi connectivity index (χ1) is 5.18. The van der Waals surface area contributed by atoms with Crippen LogP contribution in [0.25, 0.3) is 0 Å². The van der Waals surface area contributed by atoms with Crippen LogP contribution >= 0.6 is 0 Å². The average Bonchev–Trinajstić information content (AvgIpc) is 2.65. The fourth-order valence-corrected chi connectivity index (χ4v) is 1.83. The van der Waals surface area contributed by atoms with Crippen molar-refractivity contribution < 1.29 is 0 Å². The van der Waals surface area contributed by atoms with Crippen molar-refractivity contribution >= 4 is 0 Å². The van der Waals surface area contributed by atoms with Gasteiger partial charge < -0.3 is 5.73 Å². The Morgan fingerprint density at radius 2 is 1.64 bits per heavy atom. The quantitative estimate of drug-likeness (QED) is 0.559. The maximum absolute atomic E-state index is 6.02. The molecule has 0 aromatic rings. The highest BCUT2D eigenvalue weighted by molar-refractivity contribution is 5.52. The highest BCUT2D eigenvalue weighted by Crippen LogP contribution is 2.41. The molecule has 0 aromatic carbocycles. The molecule has 0 saturated heterocycles. The lowest BCUT2D eigenvalue weighted by molar-refractivity contribution is 0.449.